The van der Waals surface area contributed by atoms with Gasteiger partial charge in [-0.15, -0.1) is 0 Å². The monoisotopic (exact) mass is 214 g/mol. The van der Waals surface area contributed by atoms with Crippen LogP contribution in [0.2, 0.25) is 0 Å². The maximum absolute atomic E-state index is 5.60. The summed E-state index contributed by atoms with van der Waals surface area (Å²) >= 11 is 0. The largest absolute Gasteiger partial charge is 0.271 e. The van der Waals surface area contributed by atoms with Gasteiger partial charge in [-0.05, 0) is 24.2 Å². The summed E-state index contributed by atoms with van der Waals surface area (Å²) in [4.78, 5) is 0. The molecule has 0 aromatic carbocycles. The van der Waals surface area contributed by atoms with Gasteiger partial charge in [-0.3, -0.25) is 11.3 Å². The Morgan fingerprint density at radius 1 is 1.20 bits per heavy atom. The summed E-state index contributed by atoms with van der Waals surface area (Å²) in [5, 5.41) is 0. The average molecular weight is 214 g/mol. The molecule has 92 valence electrons. The van der Waals surface area contributed by atoms with E-state index in [2.05, 4.69) is 40.0 Å². The van der Waals surface area contributed by atoms with Gasteiger partial charge in [0, 0.05) is 6.04 Å². The zero-order valence-electron chi connectivity index (χ0n) is 11.3. The summed E-state index contributed by atoms with van der Waals surface area (Å²) in [6.45, 7) is 11.5. The number of nitrogens with two attached hydrogens (primary N) is 1. The Balaban J connectivity index is 3.88. The van der Waals surface area contributed by atoms with Crippen LogP contribution in [0.15, 0.2) is 0 Å². The lowest BCUT2D eigenvalue weighted by atomic mass is 9.78. The third-order valence-corrected chi connectivity index (χ3v) is 3.51. The molecule has 0 bridgehead atoms. The van der Waals surface area contributed by atoms with Crippen LogP contribution in [-0.4, -0.2) is 6.04 Å². The highest BCUT2D eigenvalue weighted by Gasteiger charge is 2.22. The van der Waals surface area contributed by atoms with Crippen LogP contribution in [0.5, 0.6) is 0 Å². The van der Waals surface area contributed by atoms with Crippen LogP contribution in [-0.2, 0) is 0 Å². The predicted molar refractivity (Wildman–Crippen MR) is 68.5 cm³/mol. The van der Waals surface area contributed by atoms with Gasteiger partial charge in [-0.2, -0.15) is 0 Å². The minimum atomic E-state index is 0.389. The minimum Gasteiger partial charge on any atom is -0.271 e. The molecule has 0 rings (SSSR count). The van der Waals surface area contributed by atoms with Gasteiger partial charge in [0.15, 0.2) is 0 Å². The maximum atomic E-state index is 5.60. The van der Waals surface area contributed by atoms with E-state index in [0.717, 1.165) is 0 Å². The van der Waals surface area contributed by atoms with E-state index in [9.17, 15) is 0 Å². The van der Waals surface area contributed by atoms with E-state index in [1.807, 2.05) is 0 Å². The van der Waals surface area contributed by atoms with Crippen LogP contribution >= 0.6 is 0 Å². The highest BCUT2D eigenvalue weighted by atomic mass is 15.2. The number of hydrogen-bond acceptors (Lipinski definition) is 2. The smallest absolute Gasteiger partial charge is 0.0213 e. The summed E-state index contributed by atoms with van der Waals surface area (Å²) in [7, 11) is 0. The van der Waals surface area contributed by atoms with Gasteiger partial charge in [0.2, 0.25) is 0 Å². The molecule has 2 atom stereocenters. The van der Waals surface area contributed by atoms with E-state index in [-0.39, 0.29) is 0 Å². The van der Waals surface area contributed by atoms with Crippen LogP contribution in [0.4, 0.5) is 0 Å². The molecule has 0 saturated carbocycles. The van der Waals surface area contributed by atoms with Crippen molar-refractivity contribution in [3.63, 3.8) is 0 Å². The van der Waals surface area contributed by atoms with Crippen molar-refractivity contribution in [2.24, 2.45) is 17.2 Å². The summed E-state index contributed by atoms with van der Waals surface area (Å²) < 4.78 is 0. The van der Waals surface area contributed by atoms with Crippen molar-refractivity contribution in [2.45, 2.75) is 72.8 Å². The van der Waals surface area contributed by atoms with Gasteiger partial charge < -0.3 is 0 Å². The lowest BCUT2D eigenvalue weighted by Crippen LogP contribution is -2.38. The van der Waals surface area contributed by atoms with Crippen molar-refractivity contribution >= 4 is 0 Å². The maximum Gasteiger partial charge on any atom is 0.0213 e. The summed E-state index contributed by atoms with van der Waals surface area (Å²) in [6, 6.07) is 0.491. The lowest BCUT2D eigenvalue weighted by molar-refractivity contribution is 0.218. The first kappa shape index (κ1) is 14.9. The van der Waals surface area contributed by atoms with Crippen molar-refractivity contribution in [3.05, 3.63) is 0 Å². The zero-order valence-corrected chi connectivity index (χ0v) is 11.3. The van der Waals surface area contributed by atoms with Crippen LogP contribution in [0, 0.1) is 11.3 Å². The van der Waals surface area contributed by atoms with Crippen LogP contribution in [0.25, 0.3) is 0 Å². The van der Waals surface area contributed by atoms with Crippen LogP contribution < -0.4 is 11.3 Å². The molecule has 0 aliphatic heterocycles. The average Bonchev–Trinajstić information content (AvgIpc) is 2.14. The van der Waals surface area contributed by atoms with Gasteiger partial charge >= 0.3 is 0 Å². The molecule has 0 aromatic heterocycles. The molecular weight excluding hydrogens is 184 g/mol. The molecule has 0 aromatic rings. The van der Waals surface area contributed by atoms with Crippen molar-refractivity contribution in [3.8, 4) is 0 Å². The van der Waals surface area contributed by atoms with Crippen molar-refractivity contribution < 1.29 is 0 Å². The number of nitrogens with one attached hydrogen (secondary N) is 1. The standard InChI is InChI=1S/C13H30N2/c1-6-7-8-9-12(15-14)10-11(2)13(3,4)5/h11-12,15H,6-10,14H2,1-5H3. The van der Waals surface area contributed by atoms with E-state index in [1.54, 1.807) is 0 Å². The van der Waals surface area contributed by atoms with Crippen molar-refractivity contribution in [1.82, 2.24) is 5.43 Å². The fourth-order valence-electron chi connectivity index (χ4n) is 1.69. The highest BCUT2D eigenvalue weighted by Crippen LogP contribution is 2.29. The normalized spacial score (nSPS) is 16.4. The fraction of sp³-hybridized carbons (Fsp3) is 1.00. The van der Waals surface area contributed by atoms with Gasteiger partial charge in [0.1, 0.15) is 0 Å². The van der Waals surface area contributed by atoms with E-state index in [1.165, 1.54) is 32.1 Å². The fourth-order valence-corrected chi connectivity index (χ4v) is 1.69. The summed E-state index contributed by atoms with van der Waals surface area (Å²) in [6.07, 6.45) is 6.30. The molecule has 2 unspecified atom stereocenters. The van der Waals surface area contributed by atoms with Crippen LogP contribution in [0.3, 0.4) is 0 Å². The molecule has 0 fully saturated rings. The molecular formula is C13H30N2. The molecule has 3 N–H and O–H groups in total. The Bertz CT molecular complexity index is 149. The Kier molecular flexibility index (Phi) is 7.20. The lowest BCUT2D eigenvalue weighted by Gasteiger charge is -2.30. The molecule has 2 nitrogen and oxygen atoms in total. The number of rotatable bonds is 7. The third kappa shape index (κ3) is 6.91. The van der Waals surface area contributed by atoms with Gasteiger partial charge in [0.25, 0.3) is 0 Å². The SMILES string of the molecule is CCCCCC(CC(C)C(C)(C)C)NN. The minimum absolute atomic E-state index is 0.389. The molecule has 0 amide bonds. The first-order valence-electron chi connectivity index (χ1n) is 6.38. The van der Waals surface area contributed by atoms with E-state index in [4.69, 9.17) is 5.84 Å². The summed E-state index contributed by atoms with van der Waals surface area (Å²) in [5.41, 5.74) is 3.35. The Hall–Kier alpha value is -0.0800. The van der Waals surface area contributed by atoms with Gasteiger partial charge in [-0.1, -0.05) is 53.9 Å². The zero-order chi connectivity index (χ0) is 11.9. The second-order valence-electron chi connectivity index (χ2n) is 5.86. The Labute approximate surface area is 96.0 Å². The topological polar surface area (TPSA) is 38.0 Å². The predicted octanol–water partition coefficient (Wildman–Crippen LogP) is 3.47. The molecule has 2 heteroatoms. The molecule has 0 saturated heterocycles. The van der Waals surface area contributed by atoms with Crippen molar-refractivity contribution in [1.29, 1.82) is 0 Å². The quantitative estimate of drug-likeness (QED) is 0.387. The van der Waals surface area contributed by atoms with E-state index in [0.29, 0.717) is 17.4 Å². The molecule has 0 spiro atoms. The second kappa shape index (κ2) is 7.24. The first-order chi connectivity index (χ1) is 6.91. The first-order valence-corrected chi connectivity index (χ1v) is 6.38. The number of hydrazine groups is 1. The Morgan fingerprint density at radius 2 is 1.80 bits per heavy atom. The van der Waals surface area contributed by atoms with Crippen LogP contribution in [0.1, 0.15) is 66.7 Å². The third-order valence-electron chi connectivity index (χ3n) is 3.51. The molecule has 0 heterocycles. The molecule has 15 heavy (non-hydrogen) atoms. The van der Waals surface area contributed by atoms with Crippen molar-refractivity contribution in [2.75, 3.05) is 0 Å². The summed E-state index contributed by atoms with van der Waals surface area (Å²) in [5.74, 6) is 6.31. The molecule has 0 radical (unpaired) electrons. The van der Waals surface area contributed by atoms with Gasteiger partial charge in [0.05, 0.1) is 0 Å². The Morgan fingerprint density at radius 3 is 2.20 bits per heavy atom. The second-order valence-corrected chi connectivity index (χ2v) is 5.86. The molecule has 0 aliphatic carbocycles. The van der Waals surface area contributed by atoms with Gasteiger partial charge in [-0.25, -0.2) is 0 Å². The number of hydrogen-bond donors (Lipinski definition) is 2. The van der Waals surface area contributed by atoms with E-state index >= 15 is 0 Å². The molecule has 0 aliphatic rings. The highest BCUT2D eigenvalue weighted by molar-refractivity contribution is 4.75. The number of unbranched alkanes of at least 4 members (excludes halogenated alkanes) is 2. The van der Waals surface area contributed by atoms with E-state index < -0.39 is 0 Å².